The van der Waals surface area contributed by atoms with Gasteiger partial charge in [-0.2, -0.15) is 0 Å². The van der Waals surface area contributed by atoms with Crippen molar-refractivity contribution < 1.29 is 14.1 Å². The summed E-state index contributed by atoms with van der Waals surface area (Å²) in [5, 5.41) is 10.8. The summed E-state index contributed by atoms with van der Waals surface area (Å²) < 4.78 is 5.42. The van der Waals surface area contributed by atoms with Crippen LogP contribution in [0, 0.1) is 10.1 Å². The first kappa shape index (κ1) is 15.2. The molecule has 0 N–H and O–H groups in total. The van der Waals surface area contributed by atoms with Gasteiger partial charge in [-0.1, -0.05) is 12.1 Å². The molecule has 0 spiro atoms. The van der Waals surface area contributed by atoms with Crippen LogP contribution in [0.1, 0.15) is 28.9 Å². The van der Waals surface area contributed by atoms with E-state index in [2.05, 4.69) is 15.9 Å². The van der Waals surface area contributed by atoms with E-state index in [1.54, 1.807) is 25.2 Å². The average Bonchev–Trinajstić information content (AvgIpc) is 2.91. The molecule has 110 valence electrons. The molecule has 1 unspecified atom stereocenters. The first-order valence-electron chi connectivity index (χ1n) is 6.16. The fourth-order valence-corrected chi connectivity index (χ4v) is 2.34. The van der Waals surface area contributed by atoms with Crippen LogP contribution < -0.4 is 0 Å². The van der Waals surface area contributed by atoms with Crippen molar-refractivity contribution in [3.05, 3.63) is 62.5 Å². The third-order valence-electron chi connectivity index (χ3n) is 3.31. The highest BCUT2D eigenvalue weighted by molar-refractivity contribution is 9.10. The molecule has 1 aromatic heterocycles. The third kappa shape index (κ3) is 3.13. The van der Waals surface area contributed by atoms with Gasteiger partial charge < -0.3 is 9.32 Å². The van der Waals surface area contributed by atoms with Crippen LogP contribution in [-0.2, 0) is 0 Å². The van der Waals surface area contributed by atoms with Gasteiger partial charge in [0.1, 0.15) is 0 Å². The highest BCUT2D eigenvalue weighted by Crippen LogP contribution is 2.26. The number of rotatable bonds is 4. The number of carbonyl (C=O) groups is 1. The Balaban J connectivity index is 2.25. The number of furan rings is 1. The normalized spacial score (nSPS) is 12.0. The molecule has 0 radical (unpaired) electrons. The van der Waals surface area contributed by atoms with Gasteiger partial charge in [0.05, 0.1) is 22.8 Å². The van der Waals surface area contributed by atoms with Gasteiger partial charge in [0, 0.05) is 19.2 Å². The number of nitrogens with zero attached hydrogens (tertiary/aromatic N) is 2. The maximum Gasteiger partial charge on any atom is 0.269 e. The first-order chi connectivity index (χ1) is 9.91. The van der Waals surface area contributed by atoms with Gasteiger partial charge in [-0.3, -0.25) is 14.9 Å². The molecule has 0 saturated carbocycles. The minimum absolute atomic E-state index is 0.00434. The predicted octanol–water partition coefficient (Wildman–Crippen LogP) is 3.78. The molecule has 6 nitrogen and oxygen atoms in total. The summed E-state index contributed by atoms with van der Waals surface area (Å²) in [4.78, 5) is 24.2. The van der Waals surface area contributed by atoms with E-state index in [1.165, 1.54) is 23.3 Å². The van der Waals surface area contributed by atoms with Crippen molar-refractivity contribution in [2.75, 3.05) is 7.05 Å². The average molecular weight is 353 g/mol. The van der Waals surface area contributed by atoms with Crippen LogP contribution in [-0.4, -0.2) is 22.8 Å². The van der Waals surface area contributed by atoms with E-state index in [-0.39, 0.29) is 17.6 Å². The minimum atomic E-state index is -0.454. The predicted molar refractivity (Wildman–Crippen MR) is 80.0 cm³/mol. The lowest BCUT2D eigenvalue weighted by Gasteiger charge is -2.25. The molecule has 0 fully saturated rings. The number of hydrogen-bond donors (Lipinski definition) is 0. The summed E-state index contributed by atoms with van der Waals surface area (Å²) in [7, 11) is 1.64. The SMILES string of the molecule is CC(c1cccc([N+](=O)[O-])c1)N(C)C(=O)c1ccoc1Br. The van der Waals surface area contributed by atoms with Crippen LogP contribution in [0.3, 0.4) is 0 Å². The van der Waals surface area contributed by atoms with Gasteiger partial charge in [0.25, 0.3) is 11.6 Å². The Kier molecular flexibility index (Phi) is 4.42. The Bertz CT molecular complexity index is 683. The maximum absolute atomic E-state index is 12.4. The standard InChI is InChI=1S/C14H13BrN2O4/c1-9(10-4-3-5-11(8-10)17(19)20)16(2)14(18)12-6-7-21-13(12)15/h3-9H,1-2H3. The van der Waals surface area contributed by atoms with Crippen molar-refractivity contribution in [3.8, 4) is 0 Å². The first-order valence-corrected chi connectivity index (χ1v) is 6.95. The van der Waals surface area contributed by atoms with Crippen LogP contribution in [0.2, 0.25) is 0 Å². The van der Waals surface area contributed by atoms with E-state index in [1.807, 2.05) is 6.92 Å². The second-order valence-corrected chi connectivity index (χ2v) is 5.27. The van der Waals surface area contributed by atoms with Crippen LogP contribution in [0.25, 0.3) is 0 Å². The summed E-state index contributed by atoms with van der Waals surface area (Å²) in [5.74, 6) is -0.227. The van der Waals surface area contributed by atoms with Crippen molar-refractivity contribution >= 4 is 27.5 Å². The summed E-state index contributed by atoms with van der Waals surface area (Å²) in [6, 6.07) is 7.52. The fraction of sp³-hybridized carbons (Fsp3) is 0.214. The maximum atomic E-state index is 12.4. The lowest BCUT2D eigenvalue weighted by molar-refractivity contribution is -0.384. The van der Waals surface area contributed by atoms with Gasteiger partial charge in [0.2, 0.25) is 0 Å². The lowest BCUT2D eigenvalue weighted by Crippen LogP contribution is -2.29. The zero-order valence-electron chi connectivity index (χ0n) is 11.4. The molecule has 7 heteroatoms. The van der Waals surface area contributed by atoms with E-state index in [0.717, 1.165) is 0 Å². The van der Waals surface area contributed by atoms with Crippen LogP contribution in [0.15, 0.2) is 45.7 Å². The molecule has 1 aromatic carbocycles. The van der Waals surface area contributed by atoms with Crippen LogP contribution in [0.4, 0.5) is 5.69 Å². The Labute approximate surface area is 129 Å². The van der Waals surface area contributed by atoms with Crippen molar-refractivity contribution in [2.45, 2.75) is 13.0 Å². The topological polar surface area (TPSA) is 76.6 Å². The van der Waals surface area contributed by atoms with Gasteiger partial charge >= 0.3 is 0 Å². The molecule has 1 amide bonds. The van der Waals surface area contributed by atoms with E-state index < -0.39 is 4.92 Å². The number of carbonyl (C=O) groups excluding carboxylic acids is 1. The molecule has 0 aliphatic rings. The molecule has 2 aromatic rings. The van der Waals surface area contributed by atoms with Crippen LogP contribution in [0.5, 0.6) is 0 Å². The number of amides is 1. The highest BCUT2D eigenvalue weighted by Gasteiger charge is 2.23. The molecule has 1 atom stereocenters. The van der Waals surface area contributed by atoms with Crippen LogP contribution >= 0.6 is 15.9 Å². The summed E-state index contributed by atoms with van der Waals surface area (Å²) in [6.07, 6.45) is 1.42. The van der Waals surface area contributed by atoms with Crippen molar-refractivity contribution in [3.63, 3.8) is 0 Å². The van der Waals surface area contributed by atoms with E-state index in [4.69, 9.17) is 4.42 Å². The van der Waals surface area contributed by atoms with E-state index in [0.29, 0.717) is 15.8 Å². The zero-order valence-corrected chi connectivity index (χ0v) is 13.0. The molecule has 0 saturated heterocycles. The van der Waals surface area contributed by atoms with Crippen molar-refractivity contribution in [2.24, 2.45) is 0 Å². The summed E-state index contributed by atoms with van der Waals surface area (Å²) in [6.45, 7) is 1.81. The number of benzene rings is 1. The molecular formula is C14H13BrN2O4. The molecule has 2 rings (SSSR count). The second kappa shape index (κ2) is 6.09. The Hall–Kier alpha value is -2.15. The van der Waals surface area contributed by atoms with Gasteiger partial charge in [0.15, 0.2) is 4.67 Å². The minimum Gasteiger partial charge on any atom is -0.457 e. The van der Waals surface area contributed by atoms with Gasteiger partial charge in [-0.05, 0) is 34.5 Å². The number of hydrogen-bond acceptors (Lipinski definition) is 4. The number of nitro groups is 1. The van der Waals surface area contributed by atoms with E-state index in [9.17, 15) is 14.9 Å². The highest BCUT2D eigenvalue weighted by atomic mass is 79.9. The molecule has 21 heavy (non-hydrogen) atoms. The Morgan fingerprint density at radius 3 is 2.71 bits per heavy atom. The zero-order chi connectivity index (χ0) is 15.6. The second-order valence-electron chi connectivity index (χ2n) is 4.55. The van der Waals surface area contributed by atoms with Gasteiger partial charge in [-0.15, -0.1) is 0 Å². The Morgan fingerprint density at radius 2 is 2.14 bits per heavy atom. The summed E-state index contributed by atoms with van der Waals surface area (Å²) in [5.41, 5.74) is 1.11. The molecule has 0 aliphatic heterocycles. The van der Waals surface area contributed by atoms with Gasteiger partial charge in [-0.25, -0.2) is 0 Å². The number of nitro benzene ring substituents is 1. The number of non-ortho nitro benzene ring substituents is 1. The number of halogens is 1. The molecular weight excluding hydrogens is 340 g/mol. The van der Waals surface area contributed by atoms with Crippen molar-refractivity contribution in [1.29, 1.82) is 0 Å². The smallest absolute Gasteiger partial charge is 0.269 e. The summed E-state index contributed by atoms with van der Waals surface area (Å²) >= 11 is 3.17. The largest absolute Gasteiger partial charge is 0.457 e. The Morgan fingerprint density at radius 1 is 1.43 bits per heavy atom. The quantitative estimate of drug-likeness (QED) is 0.619. The lowest BCUT2D eigenvalue weighted by atomic mass is 10.1. The van der Waals surface area contributed by atoms with E-state index >= 15 is 0 Å². The monoisotopic (exact) mass is 352 g/mol. The fourth-order valence-electron chi connectivity index (χ4n) is 1.93. The molecule has 1 heterocycles. The molecule has 0 bridgehead atoms. The molecule has 0 aliphatic carbocycles. The van der Waals surface area contributed by atoms with Crippen molar-refractivity contribution in [1.82, 2.24) is 4.90 Å². The third-order valence-corrected chi connectivity index (χ3v) is 3.93.